The molecule has 338 valence electrons. The minimum Gasteiger partial charge on any atom is -0.466 e. The van der Waals surface area contributed by atoms with Gasteiger partial charge >= 0.3 is 11.9 Å². The molecular weight excluding hydrogens is 711 g/mol. The molecular formula is C50H97NO6. The summed E-state index contributed by atoms with van der Waals surface area (Å²) >= 11 is 0. The molecule has 0 aromatic rings. The zero-order valence-corrected chi connectivity index (χ0v) is 39.2. The summed E-state index contributed by atoms with van der Waals surface area (Å²) < 4.78 is 24.6. The Morgan fingerprint density at radius 1 is 0.561 bits per heavy atom. The van der Waals surface area contributed by atoms with Gasteiger partial charge in [0.05, 0.1) is 25.9 Å². The molecule has 0 radical (unpaired) electrons. The Balaban J connectivity index is 2.35. The van der Waals surface area contributed by atoms with Crippen LogP contribution in [0.25, 0.3) is 0 Å². The molecule has 1 heterocycles. The highest BCUT2D eigenvalue weighted by Gasteiger charge is 2.40. The first kappa shape index (κ1) is 53.8. The third kappa shape index (κ3) is 29.7. The van der Waals surface area contributed by atoms with Gasteiger partial charge in [-0.05, 0) is 71.3 Å². The van der Waals surface area contributed by atoms with Gasteiger partial charge in [0.2, 0.25) is 0 Å². The van der Waals surface area contributed by atoms with Crippen molar-refractivity contribution in [2.24, 2.45) is 11.8 Å². The number of esters is 2. The summed E-state index contributed by atoms with van der Waals surface area (Å²) in [6, 6.07) is 0.476. The van der Waals surface area contributed by atoms with Crippen molar-refractivity contribution >= 4 is 11.9 Å². The standard InChI is InChI=1S/C50H97NO6/c1-8-12-22-30-45(31-23-13-9-2)36-40-54-48(52)34-26-18-16-20-28-38-50(56-43-47(57-50)42-51(7)44(5)6)39-29-21-17-19-27-35-49(53)55-41-37-46(32-24-14-10-3)33-25-15-11-4/h44-47H,8-43H2,1-7H3. The lowest BCUT2D eigenvalue weighted by atomic mass is 9.92. The summed E-state index contributed by atoms with van der Waals surface area (Å²) in [5, 5.41) is 0. The van der Waals surface area contributed by atoms with Crippen LogP contribution in [0.2, 0.25) is 0 Å². The van der Waals surface area contributed by atoms with Crippen LogP contribution in [-0.4, -0.2) is 68.2 Å². The second-order valence-corrected chi connectivity index (χ2v) is 18.3. The van der Waals surface area contributed by atoms with Crippen molar-refractivity contribution in [2.45, 2.75) is 265 Å². The molecule has 0 amide bonds. The van der Waals surface area contributed by atoms with Crippen molar-refractivity contribution in [3.8, 4) is 0 Å². The predicted octanol–water partition coefficient (Wildman–Crippen LogP) is 14.3. The normalized spacial score (nSPS) is 15.5. The van der Waals surface area contributed by atoms with Crippen LogP contribution < -0.4 is 0 Å². The highest BCUT2D eigenvalue weighted by atomic mass is 16.7. The molecule has 0 aromatic heterocycles. The fraction of sp³-hybridized carbons (Fsp3) is 0.960. The van der Waals surface area contributed by atoms with Crippen molar-refractivity contribution in [1.29, 1.82) is 0 Å². The third-order valence-corrected chi connectivity index (χ3v) is 12.6. The van der Waals surface area contributed by atoms with Crippen LogP contribution in [0.3, 0.4) is 0 Å². The number of unbranched alkanes of at least 4 members (excludes halogenated alkanes) is 16. The SMILES string of the molecule is CCCCCC(CCCCC)CCOC(=O)CCCCCCCC1(CCCCCCCC(=O)OCCC(CCCCC)CCCCC)OCC(CN(C)C(C)C)O1. The van der Waals surface area contributed by atoms with Gasteiger partial charge in [-0.1, -0.05) is 169 Å². The summed E-state index contributed by atoms with van der Waals surface area (Å²) in [6.45, 7) is 16.2. The second-order valence-electron chi connectivity index (χ2n) is 18.3. The molecule has 0 spiro atoms. The van der Waals surface area contributed by atoms with E-state index >= 15 is 0 Å². The Morgan fingerprint density at radius 2 is 0.947 bits per heavy atom. The zero-order chi connectivity index (χ0) is 41.8. The number of ether oxygens (including phenoxy) is 4. The van der Waals surface area contributed by atoms with Gasteiger partial charge in [-0.3, -0.25) is 9.59 Å². The highest BCUT2D eigenvalue weighted by molar-refractivity contribution is 5.69. The minimum atomic E-state index is -0.480. The molecule has 1 atom stereocenters. The number of carbonyl (C=O) groups is 2. The summed E-state index contributed by atoms with van der Waals surface area (Å²) in [5.41, 5.74) is 0. The molecule has 1 aliphatic heterocycles. The zero-order valence-electron chi connectivity index (χ0n) is 39.2. The van der Waals surface area contributed by atoms with Crippen LogP contribution >= 0.6 is 0 Å². The van der Waals surface area contributed by atoms with E-state index < -0.39 is 5.79 Å². The van der Waals surface area contributed by atoms with Gasteiger partial charge in [0.15, 0.2) is 5.79 Å². The van der Waals surface area contributed by atoms with E-state index in [0.717, 1.165) is 96.4 Å². The lowest BCUT2D eigenvalue weighted by Gasteiger charge is -2.30. The molecule has 57 heavy (non-hydrogen) atoms. The average molecular weight is 808 g/mol. The highest BCUT2D eigenvalue weighted by Crippen LogP contribution is 2.35. The molecule has 0 saturated carbocycles. The summed E-state index contributed by atoms with van der Waals surface area (Å²) in [4.78, 5) is 27.3. The first-order valence-corrected chi connectivity index (χ1v) is 25.0. The Kier molecular flexibility index (Phi) is 34.6. The largest absolute Gasteiger partial charge is 0.466 e. The lowest BCUT2D eigenvalue weighted by Crippen LogP contribution is -2.37. The molecule has 0 aromatic carbocycles. The lowest BCUT2D eigenvalue weighted by molar-refractivity contribution is -0.180. The first-order valence-electron chi connectivity index (χ1n) is 25.0. The van der Waals surface area contributed by atoms with Gasteiger partial charge in [0, 0.05) is 38.3 Å². The molecule has 7 nitrogen and oxygen atoms in total. The van der Waals surface area contributed by atoms with Crippen LogP contribution in [-0.2, 0) is 28.5 Å². The molecule has 0 bridgehead atoms. The van der Waals surface area contributed by atoms with Crippen LogP contribution in [0.15, 0.2) is 0 Å². The third-order valence-electron chi connectivity index (χ3n) is 12.6. The van der Waals surface area contributed by atoms with E-state index in [1.807, 2.05) is 0 Å². The van der Waals surface area contributed by atoms with Gasteiger partial charge in [-0.2, -0.15) is 0 Å². The number of rotatable bonds is 41. The summed E-state index contributed by atoms with van der Waals surface area (Å²) in [6.07, 6.45) is 36.3. The quantitative estimate of drug-likeness (QED) is 0.0450. The maximum absolute atomic E-state index is 12.5. The molecule has 1 unspecified atom stereocenters. The first-order chi connectivity index (χ1) is 27.7. The topological polar surface area (TPSA) is 74.3 Å². The summed E-state index contributed by atoms with van der Waals surface area (Å²) in [5.74, 6) is 0.887. The Bertz CT molecular complexity index is 850. The molecule has 1 fully saturated rings. The second kappa shape index (κ2) is 36.7. The van der Waals surface area contributed by atoms with E-state index in [1.165, 1.54) is 103 Å². The van der Waals surface area contributed by atoms with Crippen LogP contribution in [0.1, 0.15) is 247 Å². The van der Waals surface area contributed by atoms with Crippen molar-refractivity contribution in [3.05, 3.63) is 0 Å². The van der Waals surface area contributed by atoms with Gasteiger partial charge in [0.1, 0.15) is 0 Å². The fourth-order valence-corrected chi connectivity index (χ4v) is 8.44. The maximum atomic E-state index is 12.5. The summed E-state index contributed by atoms with van der Waals surface area (Å²) in [7, 11) is 2.17. The van der Waals surface area contributed by atoms with Crippen LogP contribution in [0.5, 0.6) is 0 Å². The van der Waals surface area contributed by atoms with Gasteiger partial charge in [-0.25, -0.2) is 0 Å². The number of nitrogens with zero attached hydrogens (tertiary/aromatic N) is 1. The predicted molar refractivity (Wildman–Crippen MR) is 241 cm³/mol. The molecule has 0 aliphatic carbocycles. The van der Waals surface area contributed by atoms with Crippen molar-refractivity contribution in [1.82, 2.24) is 4.90 Å². The van der Waals surface area contributed by atoms with E-state index in [-0.39, 0.29) is 18.0 Å². The van der Waals surface area contributed by atoms with Crippen LogP contribution in [0.4, 0.5) is 0 Å². The maximum Gasteiger partial charge on any atom is 0.305 e. The van der Waals surface area contributed by atoms with E-state index in [4.69, 9.17) is 18.9 Å². The average Bonchev–Trinajstić information content (AvgIpc) is 3.59. The number of hydrogen-bond donors (Lipinski definition) is 0. The fourth-order valence-electron chi connectivity index (χ4n) is 8.44. The Morgan fingerprint density at radius 3 is 1.33 bits per heavy atom. The number of likely N-dealkylation sites (N-methyl/N-ethyl adjacent to an activating group) is 1. The molecule has 0 N–H and O–H groups in total. The van der Waals surface area contributed by atoms with Crippen molar-refractivity contribution in [3.63, 3.8) is 0 Å². The van der Waals surface area contributed by atoms with E-state index in [9.17, 15) is 9.59 Å². The van der Waals surface area contributed by atoms with E-state index in [1.54, 1.807) is 0 Å². The number of hydrogen-bond acceptors (Lipinski definition) is 7. The van der Waals surface area contributed by atoms with Gasteiger partial charge in [-0.15, -0.1) is 0 Å². The van der Waals surface area contributed by atoms with Crippen LogP contribution in [0, 0.1) is 11.8 Å². The van der Waals surface area contributed by atoms with Crippen molar-refractivity contribution < 1.29 is 28.5 Å². The number of carbonyl (C=O) groups excluding carboxylic acids is 2. The molecule has 1 aliphatic rings. The molecule has 1 rings (SSSR count). The van der Waals surface area contributed by atoms with E-state index in [2.05, 4.69) is 53.5 Å². The Hall–Kier alpha value is -1.18. The van der Waals surface area contributed by atoms with Gasteiger partial charge in [0.25, 0.3) is 0 Å². The molecule has 7 heteroatoms. The minimum absolute atomic E-state index is 0.0189. The van der Waals surface area contributed by atoms with E-state index in [0.29, 0.717) is 50.5 Å². The molecule has 1 saturated heterocycles. The monoisotopic (exact) mass is 808 g/mol. The Labute approximate surface area is 354 Å². The van der Waals surface area contributed by atoms with Gasteiger partial charge < -0.3 is 23.8 Å². The van der Waals surface area contributed by atoms with Crippen molar-refractivity contribution in [2.75, 3.05) is 33.4 Å². The smallest absolute Gasteiger partial charge is 0.305 e.